The Labute approximate surface area is 171 Å². The minimum atomic E-state index is -4.54. The average Bonchev–Trinajstić information content (AvgIpc) is 3.00. The fourth-order valence-electron chi connectivity index (χ4n) is 2.88. The molecule has 3 rings (SSSR count). The molecule has 0 saturated carbocycles. The van der Waals surface area contributed by atoms with E-state index >= 15 is 0 Å². The maximum absolute atomic E-state index is 12.9. The highest BCUT2D eigenvalue weighted by Gasteiger charge is 2.31. The van der Waals surface area contributed by atoms with Gasteiger partial charge in [-0.25, -0.2) is 0 Å². The van der Waals surface area contributed by atoms with Crippen LogP contribution in [0.15, 0.2) is 36.5 Å². The van der Waals surface area contributed by atoms with Crippen molar-refractivity contribution in [2.45, 2.75) is 25.3 Å². The molecule has 0 radical (unpaired) electrons. The molecule has 2 aromatic heterocycles. The lowest BCUT2D eigenvalue weighted by Gasteiger charge is -2.15. The van der Waals surface area contributed by atoms with Crippen molar-refractivity contribution < 1.29 is 35.9 Å². The zero-order chi connectivity index (χ0) is 23.0. The molecule has 12 heteroatoms. The number of benzene rings is 1. The first-order valence-electron chi connectivity index (χ1n) is 8.85. The van der Waals surface area contributed by atoms with Crippen LogP contribution in [0.3, 0.4) is 0 Å². The van der Waals surface area contributed by atoms with Gasteiger partial charge in [0.1, 0.15) is 11.4 Å². The maximum atomic E-state index is 12.9. The molecule has 6 nitrogen and oxygen atoms in total. The van der Waals surface area contributed by atoms with E-state index in [1.807, 2.05) is 0 Å². The van der Waals surface area contributed by atoms with E-state index in [0.717, 1.165) is 18.3 Å². The van der Waals surface area contributed by atoms with E-state index in [1.165, 1.54) is 29.9 Å². The van der Waals surface area contributed by atoms with Crippen LogP contribution in [-0.2, 0) is 13.2 Å². The SMILES string of the molecule is CC(NC(=O)c1c2ccc(C(F)(F)F)cc2nn1C)c1ccc(OCC(F)(F)F)cn1. The number of rotatable bonds is 5. The van der Waals surface area contributed by atoms with Crippen LogP contribution in [0.2, 0.25) is 0 Å². The lowest BCUT2D eigenvalue weighted by atomic mass is 10.1. The van der Waals surface area contributed by atoms with Crippen LogP contribution in [0, 0.1) is 0 Å². The zero-order valence-corrected chi connectivity index (χ0v) is 16.2. The Morgan fingerprint density at radius 2 is 1.87 bits per heavy atom. The highest BCUT2D eigenvalue weighted by molar-refractivity contribution is 6.05. The molecule has 3 aromatic rings. The number of nitrogens with zero attached hydrogens (tertiary/aromatic N) is 3. The number of nitrogens with one attached hydrogen (secondary N) is 1. The number of fused-ring (bicyclic) bond motifs is 1. The molecular formula is C19H16F6N4O2. The number of ether oxygens (including phenoxy) is 1. The molecule has 0 aliphatic carbocycles. The van der Waals surface area contributed by atoms with Crippen molar-refractivity contribution in [2.75, 3.05) is 6.61 Å². The van der Waals surface area contributed by atoms with Crippen molar-refractivity contribution >= 4 is 16.8 Å². The molecule has 0 fully saturated rings. The Morgan fingerprint density at radius 3 is 2.45 bits per heavy atom. The smallest absolute Gasteiger partial charge is 0.422 e. The minimum Gasteiger partial charge on any atom is -0.483 e. The number of pyridine rings is 1. The maximum Gasteiger partial charge on any atom is 0.422 e. The monoisotopic (exact) mass is 446 g/mol. The summed E-state index contributed by atoms with van der Waals surface area (Å²) < 4.78 is 81.0. The largest absolute Gasteiger partial charge is 0.483 e. The number of alkyl halides is 6. The molecule has 166 valence electrons. The van der Waals surface area contributed by atoms with Gasteiger partial charge in [-0.3, -0.25) is 14.5 Å². The van der Waals surface area contributed by atoms with Crippen LogP contribution in [0.5, 0.6) is 5.75 Å². The van der Waals surface area contributed by atoms with Gasteiger partial charge < -0.3 is 10.1 Å². The molecule has 1 unspecified atom stereocenters. The Bertz CT molecular complexity index is 1090. The summed E-state index contributed by atoms with van der Waals surface area (Å²) in [4.78, 5) is 16.7. The molecule has 1 amide bonds. The van der Waals surface area contributed by atoms with Crippen LogP contribution in [0.4, 0.5) is 26.3 Å². The van der Waals surface area contributed by atoms with Gasteiger partial charge in [0.15, 0.2) is 6.61 Å². The quantitative estimate of drug-likeness (QED) is 0.590. The molecule has 0 aliphatic rings. The van der Waals surface area contributed by atoms with Gasteiger partial charge in [0.2, 0.25) is 0 Å². The third-order valence-corrected chi connectivity index (χ3v) is 4.33. The third kappa shape index (κ3) is 5.25. The number of amides is 1. The summed E-state index contributed by atoms with van der Waals surface area (Å²) in [6, 6.07) is 4.93. The summed E-state index contributed by atoms with van der Waals surface area (Å²) >= 11 is 0. The summed E-state index contributed by atoms with van der Waals surface area (Å²) in [6.07, 6.45) is -7.92. The first-order valence-corrected chi connectivity index (χ1v) is 8.85. The van der Waals surface area contributed by atoms with Crippen LogP contribution < -0.4 is 10.1 Å². The lowest BCUT2D eigenvalue weighted by molar-refractivity contribution is -0.153. The second-order valence-electron chi connectivity index (χ2n) is 6.72. The molecule has 1 aromatic carbocycles. The summed E-state index contributed by atoms with van der Waals surface area (Å²) in [6.45, 7) is 0.140. The molecule has 0 saturated heterocycles. The fourth-order valence-corrected chi connectivity index (χ4v) is 2.88. The summed E-state index contributed by atoms with van der Waals surface area (Å²) in [5.74, 6) is -0.686. The van der Waals surface area contributed by atoms with E-state index < -0.39 is 36.5 Å². The first kappa shape index (κ1) is 22.4. The molecule has 0 aliphatic heterocycles. The van der Waals surface area contributed by atoms with E-state index in [0.29, 0.717) is 5.69 Å². The van der Waals surface area contributed by atoms with E-state index in [1.54, 1.807) is 6.92 Å². The van der Waals surface area contributed by atoms with Crippen LogP contribution >= 0.6 is 0 Å². The summed E-state index contributed by atoms with van der Waals surface area (Å²) in [7, 11) is 1.43. The lowest BCUT2D eigenvalue weighted by Crippen LogP contribution is -2.29. The second kappa shape index (κ2) is 8.08. The Morgan fingerprint density at radius 1 is 1.16 bits per heavy atom. The number of aromatic nitrogens is 3. The van der Waals surface area contributed by atoms with E-state index in [4.69, 9.17) is 0 Å². The highest BCUT2D eigenvalue weighted by atomic mass is 19.4. The topological polar surface area (TPSA) is 69.0 Å². The van der Waals surface area contributed by atoms with Crippen LogP contribution in [0.25, 0.3) is 10.9 Å². The molecule has 1 N–H and O–H groups in total. The summed E-state index contributed by atoms with van der Waals surface area (Å²) in [5.41, 5.74) is -0.464. The van der Waals surface area contributed by atoms with E-state index in [9.17, 15) is 31.1 Å². The van der Waals surface area contributed by atoms with Crippen molar-refractivity contribution in [2.24, 2.45) is 7.05 Å². The van der Waals surface area contributed by atoms with Gasteiger partial charge in [-0.1, -0.05) is 0 Å². The number of aryl methyl sites for hydroxylation is 1. The average molecular weight is 446 g/mol. The van der Waals surface area contributed by atoms with Crippen LogP contribution in [0.1, 0.15) is 34.7 Å². The van der Waals surface area contributed by atoms with Gasteiger partial charge in [-0.2, -0.15) is 31.4 Å². The fraction of sp³-hybridized carbons (Fsp3) is 0.316. The molecule has 31 heavy (non-hydrogen) atoms. The third-order valence-electron chi connectivity index (χ3n) is 4.33. The van der Waals surface area contributed by atoms with Crippen molar-refractivity contribution in [1.82, 2.24) is 20.1 Å². The molecule has 1 atom stereocenters. The molecule has 0 spiro atoms. The van der Waals surface area contributed by atoms with Gasteiger partial charge in [0.05, 0.1) is 29.0 Å². The van der Waals surface area contributed by atoms with Gasteiger partial charge in [0.25, 0.3) is 5.91 Å². The van der Waals surface area contributed by atoms with Gasteiger partial charge >= 0.3 is 12.4 Å². The summed E-state index contributed by atoms with van der Waals surface area (Å²) in [5, 5.41) is 6.86. The van der Waals surface area contributed by atoms with Crippen LogP contribution in [-0.4, -0.2) is 33.5 Å². The Balaban J connectivity index is 1.75. The predicted molar refractivity (Wildman–Crippen MR) is 97.4 cm³/mol. The number of hydrogen-bond donors (Lipinski definition) is 1. The highest BCUT2D eigenvalue weighted by Crippen LogP contribution is 2.32. The number of carbonyl (C=O) groups is 1. The van der Waals surface area contributed by atoms with Crippen molar-refractivity contribution in [3.05, 3.63) is 53.5 Å². The minimum absolute atomic E-state index is 0.0134. The number of hydrogen-bond acceptors (Lipinski definition) is 4. The van der Waals surface area contributed by atoms with Crippen molar-refractivity contribution in [3.8, 4) is 5.75 Å². The first-order chi connectivity index (χ1) is 14.3. The Hall–Kier alpha value is -3.31. The van der Waals surface area contributed by atoms with Gasteiger partial charge in [-0.05, 0) is 37.3 Å². The van der Waals surface area contributed by atoms with E-state index in [-0.39, 0.29) is 22.3 Å². The predicted octanol–water partition coefficient (Wildman–Crippen LogP) is 4.42. The normalized spacial score (nSPS) is 13.3. The zero-order valence-electron chi connectivity index (χ0n) is 16.2. The number of carbonyl (C=O) groups excluding carboxylic acids is 1. The number of halogens is 6. The Kier molecular flexibility index (Phi) is 5.83. The van der Waals surface area contributed by atoms with Crippen molar-refractivity contribution in [1.29, 1.82) is 0 Å². The van der Waals surface area contributed by atoms with Crippen molar-refractivity contribution in [3.63, 3.8) is 0 Å². The molecule has 2 heterocycles. The van der Waals surface area contributed by atoms with E-state index in [2.05, 4.69) is 20.1 Å². The molecular weight excluding hydrogens is 430 g/mol. The van der Waals surface area contributed by atoms with Gasteiger partial charge in [-0.15, -0.1) is 0 Å². The standard InChI is InChI=1S/C19H16F6N4O2/c1-10(14-6-4-12(8-26-14)31-9-18(20,21)22)27-17(30)16-13-5-3-11(19(23,24)25)7-15(13)28-29(16)2/h3-8,10H,9H2,1-2H3,(H,27,30). The second-order valence-corrected chi connectivity index (χ2v) is 6.72. The molecule has 0 bridgehead atoms. The van der Waals surface area contributed by atoms with Gasteiger partial charge in [0, 0.05) is 12.4 Å².